The Labute approximate surface area is 223 Å². The van der Waals surface area contributed by atoms with Crippen LogP contribution in [-0.2, 0) is 11.2 Å². The van der Waals surface area contributed by atoms with Crippen LogP contribution in [0.5, 0.6) is 11.5 Å². The van der Waals surface area contributed by atoms with Gasteiger partial charge in [-0.1, -0.05) is 42.0 Å². The number of carbonyl (C=O) groups excluding carboxylic acids is 1. The van der Waals surface area contributed by atoms with Crippen molar-refractivity contribution in [3.05, 3.63) is 83.5 Å². The molecule has 12 nitrogen and oxygen atoms in total. The Bertz CT molecular complexity index is 1540. The van der Waals surface area contributed by atoms with Crippen molar-refractivity contribution in [3.8, 4) is 11.5 Å². The van der Waals surface area contributed by atoms with Crippen molar-refractivity contribution < 1.29 is 30.0 Å². The highest BCUT2D eigenvalue weighted by atomic mass is 16.6. The van der Waals surface area contributed by atoms with E-state index in [0.29, 0.717) is 23.1 Å². The number of rotatable bonds is 7. The topological polar surface area (TPSA) is 189 Å². The number of imidazole rings is 1. The predicted octanol–water partition coefficient (Wildman–Crippen LogP) is 1.32. The van der Waals surface area contributed by atoms with Crippen LogP contribution in [-0.4, -0.2) is 70.7 Å². The molecular formula is C27H28N6O6. The van der Waals surface area contributed by atoms with E-state index in [-0.39, 0.29) is 23.7 Å². The highest BCUT2D eigenvalue weighted by Crippen LogP contribution is 2.33. The summed E-state index contributed by atoms with van der Waals surface area (Å²) < 4.78 is 7.30. The molecule has 1 fully saturated rings. The molecule has 0 radical (unpaired) electrons. The van der Waals surface area contributed by atoms with Gasteiger partial charge in [-0.15, -0.1) is 0 Å². The third kappa shape index (κ3) is 5.25. The molecule has 1 aliphatic heterocycles. The van der Waals surface area contributed by atoms with E-state index < -0.39 is 36.2 Å². The number of carbonyl (C=O) groups is 1. The second kappa shape index (κ2) is 10.7. The Hall–Kier alpha value is -4.52. The Balaban J connectivity index is 1.23. The second-order valence-corrected chi connectivity index (χ2v) is 9.37. The summed E-state index contributed by atoms with van der Waals surface area (Å²) in [6.45, 7) is 2.02. The van der Waals surface area contributed by atoms with Crippen LogP contribution in [0, 0.1) is 6.92 Å². The third-order valence-corrected chi connectivity index (χ3v) is 6.57. The maximum absolute atomic E-state index is 12.8. The van der Waals surface area contributed by atoms with Gasteiger partial charge in [-0.2, -0.15) is 0 Å². The number of nitrogens with two attached hydrogens (primary N) is 1. The minimum absolute atomic E-state index is 0.0341. The highest BCUT2D eigenvalue weighted by molar-refractivity contribution is 5.98. The molecule has 4 aromatic rings. The number of benzene rings is 2. The summed E-state index contributed by atoms with van der Waals surface area (Å²) in [5.74, 6) is -1.31. The molecule has 0 saturated carbocycles. The molecule has 5 rings (SSSR count). The third-order valence-electron chi connectivity index (χ3n) is 6.57. The number of ether oxygens (including phenoxy) is 1. The van der Waals surface area contributed by atoms with Gasteiger partial charge in [-0.05, 0) is 36.6 Å². The number of nitrogens with zero attached hydrogens (tertiary/aromatic N) is 4. The van der Waals surface area contributed by atoms with Gasteiger partial charge in [0.15, 0.2) is 29.2 Å². The van der Waals surface area contributed by atoms with Crippen molar-refractivity contribution in [2.75, 3.05) is 12.3 Å². The zero-order valence-corrected chi connectivity index (χ0v) is 21.0. The maximum Gasteiger partial charge on any atom is 0.255 e. The lowest BCUT2D eigenvalue weighted by molar-refractivity contribution is -0.0245. The summed E-state index contributed by atoms with van der Waals surface area (Å²) in [7, 11) is 0. The van der Waals surface area contributed by atoms with Gasteiger partial charge in [-0.25, -0.2) is 15.0 Å². The van der Waals surface area contributed by atoms with Crippen molar-refractivity contribution in [1.82, 2.24) is 24.8 Å². The highest BCUT2D eigenvalue weighted by Gasteiger charge is 2.43. The molecule has 7 N–H and O–H groups in total. The van der Waals surface area contributed by atoms with Crippen LogP contribution < -0.4 is 11.1 Å². The fourth-order valence-corrected chi connectivity index (χ4v) is 4.47. The van der Waals surface area contributed by atoms with Gasteiger partial charge in [0.25, 0.3) is 5.91 Å². The first-order valence-corrected chi connectivity index (χ1v) is 12.2. The Morgan fingerprint density at radius 2 is 1.87 bits per heavy atom. The molecule has 202 valence electrons. The number of aliphatic hydroxyl groups excluding tert-OH is 2. The first kappa shape index (κ1) is 26.1. The number of hydrogen-bond acceptors (Lipinski definition) is 10. The van der Waals surface area contributed by atoms with E-state index in [1.165, 1.54) is 35.4 Å². The van der Waals surface area contributed by atoms with E-state index in [1.807, 2.05) is 31.2 Å². The number of phenolic OH excluding ortho intramolecular Hbond substituents is 2. The van der Waals surface area contributed by atoms with E-state index in [1.54, 1.807) is 6.08 Å². The molecule has 4 atom stereocenters. The summed E-state index contributed by atoms with van der Waals surface area (Å²) in [4.78, 5) is 24.9. The molecule has 39 heavy (non-hydrogen) atoms. The molecule has 0 aliphatic carbocycles. The second-order valence-electron chi connectivity index (χ2n) is 9.37. The number of aryl methyl sites for hydroxylation is 1. The lowest BCUT2D eigenvalue weighted by Gasteiger charge is -2.16. The van der Waals surface area contributed by atoms with Crippen molar-refractivity contribution in [1.29, 1.82) is 0 Å². The molecular weight excluding hydrogens is 504 g/mol. The molecule has 12 heteroatoms. The number of nitrogens with one attached hydrogen (secondary N) is 1. The fourth-order valence-electron chi connectivity index (χ4n) is 4.47. The number of hydrogen-bond donors (Lipinski definition) is 6. The van der Waals surface area contributed by atoms with Crippen LogP contribution in [0.3, 0.4) is 0 Å². The van der Waals surface area contributed by atoms with Gasteiger partial charge < -0.3 is 36.2 Å². The number of aromatic nitrogens is 4. The number of phenols is 2. The number of aliphatic hydroxyl groups is 2. The number of anilines is 1. The monoisotopic (exact) mass is 532 g/mol. The van der Waals surface area contributed by atoms with Crippen LogP contribution >= 0.6 is 0 Å². The van der Waals surface area contributed by atoms with Crippen molar-refractivity contribution in [2.45, 2.75) is 37.9 Å². The molecule has 4 unspecified atom stereocenters. The van der Waals surface area contributed by atoms with Crippen LogP contribution in [0.2, 0.25) is 0 Å². The molecule has 1 aliphatic rings. The van der Waals surface area contributed by atoms with Crippen LogP contribution in [0.15, 0.2) is 61.2 Å². The summed E-state index contributed by atoms with van der Waals surface area (Å²) in [5.41, 5.74) is 9.23. The van der Waals surface area contributed by atoms with E-state index in [2.05, 4.69) is 20.3 Å². The lowest BCUT2D eigenvalue weighted by atomic mass is 10.0. The number of amides is 1. The van der Waals surface area contributed by atoms with Crippen LogP contribution in [0.1, 0.15) is 33.3 Å². The van der Waals surface area contributed by atoms with Gasteiger partial charge in [0.05, 0.1) is 11.9 Å². The summed E-state index contributed by atoms with van der Waals surface area (Å²) in [6, 6.07) is 10.8. The molecule has 0 bridgehead atoms. The summed E-state index contributed by atoms with van der Waals surface area (Å²) in [6.07, 6.45) is 1.83. The van der Waals surface area contributed by atoms with Crippen molar-refractivity contribution in [3.63, 3.8) is 0 Å². The van der Waals surface area contributed by atoms with Gasteiger partial charge in [0.2, 0.25) is 0 Å². The van der Waals surface area contributed by atoms with Crippen molar-refractivity contribution >= 4 is 22.9 Å². The van der Waals surface area contributed by atoms with E-state index >= 15 is 0 Å². The first-order valence-electron chi connectivity index (χ1n) is 12.2. The Morgan fingerprint density at radius 1 is 1.10 bits per heavy atom. The molecule has 2 aromatic carbocycles. The number of aromatic hydroxyl groups is 2. The van der Waals surface area contributed by atoms with Crippen molar-refractivity contribution in [2.24, 2.45) is 0 Å². The average Bonchev–Trinajstić information content (AvgIpc) is 3.47. The zero-order chi connectivity index (χ0) is 27.7. The maximum atomic E-state index is 12.8. The van der Waals surface area contributed by atoms with Gasteiger partial charge in [0.1, 0.15) is 30.2 Å². The summed E-state index contributed by atoms with van der Waals surface area (Å²) in [5, 5.41) is 44.2. The quantitative estimate of drug-likeness (QED) is 0.150. The van der Waals surface area contributed by atoms with Crippen LogP contribution in [0.25, 0.3) is 11.2 Å². The van der Waals surface area contributed by atoms with Gasteiger partial charge in [0, 0.05) is 6.54 Å². The zero-order valence-electron chi connectivity index (χ0n) is 21.0. The van der Waals surface area contributed by atoms with E-state index in [9.17, 15) is 25.2 Å². The van der Waals surface area contributed by atoms with Crippen LogP contribution in [0.4, 0.5) is 5.82 Å². The lowest BCUT2D eigenvalue weighted by Crippen LogP contribution is -2.31. The van der Waals surface area contributed by atoms with Gasteiger partial charge in [-0.3, -0.25) is 9.36 Å². The molecule has 0 spiro atoms. The number of nitrogen functional groups attached to an aromatic ring is 1. The largest absolute Gasteiger partial charge is 0.504 e. The predicted molar refractivity (Wildman–Crippen MR) is 141 cm³/mol. The minimum atomic E-state index is -1.28. The van der Waals surface area contributed by atoms with Gasteiger partial charge >= 0.3 is 0 Å². The van der Waals surface area contributed by atoms with E-state index in [0.717, 1.165) is 11.1 Å². The molecule has 1 saturated heterocycles. The number of fused-ring (bicyclic) bond motifs is 1. The standard InChI is InChI=1S/C27H28N6O6/c1-14-4-6-15(7-5-14)9-16-10-17(21(35)18(34)11-16)26(38)29-8-2-3-19-22(36)23(37)27(39-19)33-13-32-20-24(28)30-12-31-25(20)33/h2-7,10-13,19,22-23,27,34-37H,8-9H2,1H3,(H,29,38)(H2,28,30,31). The molecule has 3 heterocycles. The SMILES string of the molecule is Cc1ccc(Cc2cc(O)c(O)c(C(=O)NCC=CC3OC(n4cnc5c(N)ncnc54)C(O)C3O)c2)cc1. The summed E-state index contributed by atoms with van der Waals surface area (Å²) >= 11 is 0. The first-order chi connectivity index (χ1) is 18.7. The fraction of sp³-hybridized carbons (Fsp3) is 0.259. The minimum Gasteiger partial charge on any atom is -0.504 e. The smallest absolute Gasteiger partial charge is 0.255 e. The Morgan fingerprint density at radius 3 is 2.64 bits per heavy atom. The average molecular weight is 533 g/mol. The molecule has 2 aromatic heterocycles. The normalized spacial score (nSPS) is 21.1. The Kier molecular flexibility index (Phi) is 7.15. The molecule has 1 amide bonds. The van der Waals surface area contributed by atoms with E-state index in [4.69, 9.17) is 10.5 Å².